The number of aromatic hydroxyl groups is 1. The molecule has 2 heterocycles. The van der Waals surface area contributed by atoms with E-state index in [1.54, 1.807) is 24.3 Å². The number of carboxylic acids is 1. The molecular weight excluding hydrogens is 988 g/mol. The van der Waals surface area contributed by atoms with Gasteiger partial charge in [0.2, 0.25) is 17.7 Å². The molecule has 2 aromatic carbocycles. The van der Waals surface area contributed by atoms with E-state index in [9.17, 15) is 34.2 Å². The van der Waals surface area contributed by atoms with Crippen LogP contribution in [0, 0.1) is 14.3 Å². The number of likely N-dealkylation sites (tertiary alicyclic amines) is 1. The van der Waals surface area contributed by atoms with Crippen molar-refractivity contribution in [3.8, 4) is 17.2 Å². The number of carboxylic acid groups (broad SMARTS) is 1. The molecule has 0 radical (unpaired) electrons. The molecule has 0 spiro atoms. The number of rotatable bonds is 7. The maximum atomic E-state index is 13.8. The van der Waals surface area contributed by atoms with E-state index < -0.39 is 41.7 Å². The summed E-state index contributed by atoms with van der Waals surface area (Å²) in [5.74, 6) is -2.55. The van der Waals surface area contributed by atoms with Gasteiger partial charge in [0.1, 0.15) is 23.6 Å². The van der Waals surface area contributed by atoms with Crippen LogP contribution in [-0.2, 0) is 30.4 Å². The van der Waals surface area contributed by atoms with E-state index in [0.29, 0.717) is 50.6 Å². The Balaban J connectivity index is 1.65. The number of carbonyl (C=O) groups excluding carboxylic acids is 4. The SMILES string of the molecule is O=C(O)[C@@H](Cc1cc(I)c(Oc2cc(I)c(O)c(I)c2)c(I)c1)N1C(=O)CCCCCC(N2C(=O)CCC2=O)C1=O. The summed E-state index contributed by atoms with van der Waals surface area (Å²) in [6.45, 7) is 0. The molecule has 2 aliphatic rings. The third-order valence-corrected chi connectivity index (χ3v) is 10.1. The normalized spacial score (nSPS) is 19.2. The second-order valence-corrected chi connectivity index (χ2v) is 14.3. The van der Waals surface area contributed by atoms with Gasteiger partial charge in [-0.3, -0.25) is 29.0 Å². The highest BCUT2D eigenvalue weighted by molar-refractivity contribution is 14.1. The third-order valence-electron chi connectivity index (χ3n) is 6.86. The fraction of sp³-hybridized carbons (Fsp3) is 0.370. The Hall–Kier alpha value is -1.29. The molecule has 10 nitrogen and oxygen atoms in total. The molecule has 4 rings (SSSR count). The van der Waals surface area contributed by atoms with Gasteiger partial charge in [0.15, 0.2) is 5.75 Å². The van der Waals surface area contributed by atoms with Crippen molar-refractivity contribution in [2.45, 2.75) is 63.5 Å². The lowest BCUT2D eigenvalue weighted by atomic mass is 10.0. The van der Waals surface area contributed by atoms with Crippen LogP contribution >= 0.6 is 90.4 Å². The minimum atomic E-state index is -1.53. The fourth-order valence-electron chi connectivity index (χ4n) is 4.89. The van der Waals surface area contributed by atoms with Crippen molar-refractivity contribution in [3.63, 3.8) is 0 Å². The second-order valence-electron chi connectivity index (χ2n) is 9.66. The van der Waals surface area contributed by atoms with Gasteiger partial charge >= 0.3 is 5.97 Å². The van der Waals surface area contributed by atoms with Crippen molar-refractivity contribution in [2.24, 2.45) is 0 Å². The van der Waals surface area contributed by atoms with E-state index in [1.807, 2.05) is 45.2 Å². The number of imide groups is 2. The van der Waals surface area contributed by atoms with Gasteiger partial charge in [0.05, 0.1) is 14.3 Å². The molecule has 2 aromatic rings. The number of benzene rings is 2. The van der Waals surface area contributed by atoms with Crippen molar-refractivity contribution in [1.29, 1.82) is 0 Å². The largest absolute Gasteiger partial charge is 0.506 e. The number of hydrogen-bond acceptors (Lipinski definition) is 7. The zero-order chi connectivity index (χ0) is 30.0. The first-order valence-corrected chi connectivity index (χ1v) is 17.0. The van der Waals surface area contributed by atoms with E-state index in [0.717, 1.165) is 9.80 Å². The molecule has 14 heteroatoms. The molecule has 1 unspecified atom stereocenters. The molecule has 2 atom stereocenters. The Morgan fingerprint density at radius 3 is 2.00 bits per heavy atom. The Morgan fingerprint density at radius 1 is 0.854 bits per heavy atom. The summed E-state index contributed by atoms with van der Waals surface area (Å²) in [7, 11) is 0. The van der Waals surface area contributed by atoms with E-state index in [1.165, 1.54) is 0 Å². The lowest BCUT2D eigenvalue weighted by molar-refractivity contribution is -0.163. The molecule has 2 saturated heterocycles. The van der Waals surface area contributed by atoms with Gasteiger partial charge in [-0.25, -0.2) is 4.79 Å². The molecule has 0 aliphatic carbocycles. The number of aliphatic carboxylic acids is 1. The average molecular weight is 1010 g/mol. The third kappa shape index (κ3) is 7.44. The van der Waals surface area contributed by atoms with Crippen LogP contribution in [0.15, 0.2) is 24.3 Å². The highest BCUT2D eigenvalue weighted by Crippen LogP contribution is 2.37. The number of carbonyl (C=O) groups is 5. The van der Waals surface area contributed by atoms with Gasteiger partial charge in [-0.2, -0.15) is 0 Å². The number of phenols is 1. The number of ether oxygens (including phenoxy) is 1. The van der Waals surface area contributed by atoms with E-state index in [-0.39, 0.29) is 37.9 Å². The summed E-state index contributed by atoms with van der Waals surface area (Å²) < 4.78 is 8.73. The van der Waals surface area contributed by atoms with Crippen LogP contribution < -0.4 is 4.74 Å². The van der Waals surface area contributed by atoms with Crippen molar-refractivity contribution in [1.82, 2.24) is 9.80 Å². The molecule has 2 N–H and O–H groups in total. The van der Waals surface area contributed by atoms with E-state index in [4.69, 9.17) is 4.74 Å². The summed E-state index contributed by atoms with van der Waals surface area (Å²) in [6.07, 6.45) is 1.62. The van der Waals surface area contributed by atoms with Crippen molar-refractivity contribution in [3.05, 3.63) is 44.1 Å². The van der Waals surface area contributed by atoms with Crippen molar-refractivity contribution < 1.29 is 38.9 Å². The van der Waals surface area contributed by atoms with Crippen LogP contribution in [0.25, 0.3) is 0 Å². The number of halogens is 4. The molecule has 2 fully saturated rings. The lowest BCUT2D eigenvalue weighted by Crippen LogP contribution is -2.57. The number of amides is 4. The Morgan fingerprint density at radius 2 is 1.44 bits per heavy atom. The molecule has 41 heavy (non-hydrogen) atoms. The van der Waals surface area contributed by atoms with Crippen LogP contribution in [0.5, 0.6) is 17.2 Å². The molecular formula is C27H24I4N2O8. The predicted molar refractivity (Wildman–Crippen MR) is 180 cm³/mol. The summed E-state index contributed by atoms with van der Waals surface area (Å²) in [4.78, 5) is 66.3. The van der Waals surface area contributed by atoms with Gasteiger partial charge in [0, 0.05) is 25.7 Å². The van der Waals surface area contributed by atoms with Crippen molar-refractivity contribution in [2.75, 3.05) is 0 Å². The van der Waals surface area contributed by atoms with E-state index in [2.05, 4.69) is 45.2 Å². The van der Waals surface area contributed by atoms with Crippen LogP contribution in [0.4, 0.5) is 0 Å². The van der Waals surface area contributed by atoms with Gasteiger partial charge in [0.25, 0.3) is 5.91 Å². The number of phenolic OH excluding ortho intramolecular Hbond substituents is 1. The first-order chi connectivity index (χ1) is 19.4. The van der Waals surface area contributed by atoms with Crippen molar-refractivity contribution >= 4 is 120 Å². The minimum Gasteiger partial charge on any atom is -0.506 e. The zero-order valence-corrected chi connectivity index (χ0v) is 30.0. The van der Waals surface area contributed by atoms with Gasteiger partial charge in [-0.1, -0.05) is 12.8 Å². The first-order valence-electron chi connectivity index (χ1n) is 12.7. The van der Waals surface area contributed by atoms with Crippen LogP contribution in [-0.4, -0.2) is 61.7 Å². The van der Waals surface area contributed by atoms with E-state index >= 15 is 0 Å². The Kier molecular flexibility index (Phi) is 11.1. The number of nitrogens with zero attached hydrogens (tertiary/aromatic N) is 2. The summed E-state index contributed by atoms with van der Waals surface area (Å²) in [6, 6.07) is 4.15. The topological polar surface area (TPSA) is 142 Å². The Labute approximate surface area is 290 Å². The minimum absolute atomic E-state index is 0.00376. The maximum Gasteiger partial charge on any atom is 0.327 e. The van der Waals surface area contributed by atoms with Gasteiger partial charge in [-0.05, 0) is 133 Å². The van der Waals surface area contributed by atoms with Gasteiger partial charge < -0.3 is 14.9 Å². The smallest absolute Gasteiger partial charge is 0.327 e. The molecule has 0 saturated carbocycles. The van der Waals surface area contributed by atoms with Crippen LogP contribution in [0.3, 0.4) is 0 Å². The lowest BCUT2D eigenvalue weighted by Gasteiger charge is -2.33. The maximum absolute atomic E-state index is 13.8. The number of hydrogen-bond donors (Lipinski definition) is 2. The fourth-order valence-corrected chi connectivity index (χ4v) is 8.71. The quantitative estimate of drug-likeness (QED) is 0.277. The first kappa shape index (κ1) is 32.6. The summed E-state index contributed by atoms with van der Waals surface area (Å²) in [5, 5.41) is 20.3. The second kappa shape index (κ2) is 14.0. The highest BCUT2D eigenvalue weighted by atomic mass is 127. The van der Waals surface area contributed by atoms with Crippen LogP contribution in [0.2, 0.25) is 0 Å². The average Bonchev–Trinajstić information content (AvgIpc) is 3.25. The van der Waals surface area contributed by atoms with Crippen LogP contribution in [0.1, 0.15) is 50.5 Å². The monoisotopic (exact) mass is 1010 g/mol. The van der Waals surface area contributed by atoms with Gasteiger partial charge in [-0.15, -0.1) is 0 Å². The predicted octanol–water partition coefficient (Wildman–Crippen LogP) is 5.44. The molecule has 2 aliphatic heterocycles. The highest BCUT2D eigenvalue weighted by Gasteiger charge is 2.45. The molecule has 4 amide bonds. The Bertz CT molecular complexity index is 1370. The summed E-state index contributed by atoms with van der Waals surface area (Å²) >= 11 is 8.19. The zero-order valence-electron chi connectivity index (χ0n) is 21.4. The molecule has 218 valence electrons. The molecule has 0 aromatic heterocycles. The standard InChI is InChI=1S/C27H24I4N2O8/c28-15-11-14(12-16(29)24(15)37)41-25-17(30)8-13(9-18(25)31)10-20(27(39)40)33-21(34)5-3-1-2-4-19(26(33)38)32-22(35)6-7-23(32)36/h8-9,11-12,19-20,37H,1-7,10H2,(H,39,40)/t19?,20-/m1/s1. The summed E-state index contributed by atoms with van der Waals surface area (Å²) in [5.41, 5.74) is 0.568. The molecule has 0 bridgehead atoms.